The van der Waals surface area contributed by atoms with Gasteiger partial charge in [0.15, 0.2) is 15.6 Å². The van der Waals surface area contributed by atoms with Crippen LogP contribution in [0.2, 0.25) is 0 Å². The second-order valence-electron chi connectivity index (χ2n) is 12.3. The lowest BCUT2D eigenvalue weighted by Gasteiger charge is -2.34. The fourth-order valence-corrected chi connectivity index (χ4v) is 6.84. The molecule has 4 aromatic rings. The van der Waals surface area contributed by atoms with Crippen molar-refractivity contribution in [2.45, 2.75) is 55.6 Å². The van der Waals surface area contributed by atoms with Crippen molar-refractivity contribution in [1.29, 1.82) is 0 Å². The first-order valence-electron chi connectivity index (χ1n) is 15.8. The van der Waals surface area contributed by atoms with Gasteiger partial charge in [0.1, 0.15) is 29.4 Å². The van der Waals surface area contributed by atoms with Crippen molar-refractivity contribution in [2.24, 2.45) is 0 Å². The topological polar surface area (TPSA) is 101 Å². The SMILES string of the molecule is CS(=O)(=O)c1ccc(CN2CC[C@@H](Oc3ccc4oc(C(=O)NC5CCN(Cc6ccc(OCF)cc6)CC5)cc4c3)[C@H](F)C2)cc1. The molecule has 6 rings (SSSR count). The molecule has 9 nitrogen and oxygen atoms in total. The molecular weight excluding hydrogens is 628 g/mol. The molecule has 0 radical (unpaired) electrons. The van der Waals surface area contributed by atoms with E-state index < -0.39 is 29.0 Å². The molecule has 0 saturated carbocycles. The number of benzene rings is 3. The second-order valence-corrected chi connectivity index (χ2v) is 14.4. The van der Waals surface area contributed by atoms with Crippen LogP contribution in [0.25, 0.3) is 11.0 Å². The number of hydrogen-bond acceptors (Lipinski definition) is 8. The van der Waals surface area contributed by atoms with Crippen molar-refractivity contribution >= 4 is 26.7 Å². The molecule has 47 heavy (non-hydrogen) atoms. The number of nitrogens with zero attached hydrogens (tertiary/aromatic N) is 2. The molecule has 1 amide bonds. The zero-order chi connectivity index (χ0) is 33.0. The first-order valence-corrected chi connectivity index (χ1v) is 17.7. The van der Waals surface area contributed by atoms with Crippen LogP contribution in [0.15, 0.2) is 82.1 Å². The molecule has 1 N–H and O–H groups in total. The number of carbonyl (C=O) groups excluding carboxylic acids is 1. The summed E-state index contributed by atoms with van der Waals surface area (Å²) in [5.41, 5.74) is 2.59. The molecule has 0 unspecified atom stereocenters. The van der Waals surface area contributed by atoms with Gasteiger partial charge in [0.25, 0.3) is 5.91 Å². The molecule has 1 aromatic heterocycles. The van der Waals surface area contributed by atoms with Gasteiger partial charge in [-0.15, -0.1) is 0 Å². The van der Waals surface area contributed by atoms with Crippen molar-refractivity contribution in [3.8, 4) is 11.5 Å². The Morgan fingerprint density at radius 2 is 1.53 bits per heavy atom. The number of carbonyl (C=O) groups is 1. The molecule has 2 atom stereocenters. The molecule has 2 saturated heterocycles. The molecule has 0 bridgehead atoms. The lowest BCUT2D eigenvalue weighted by atomic mass is 10.0. The minimum Gasteiger partial charge on any atom is -0.487 e. The zero-order valence-electron chi connectivity index (χ0n) is 26.2. The van der Waals surface area contributed by atoms with Crippen molar-refractivity contribution in [1.82, 2.24) is 15.1 Å². The first-order chi connectivity index (χ1) is 22.6. The smallest absolute Gasteiger partial charge is 0.287 e. The molecule has 2 aliphatic heterocycles. The summed E-state index contributed by atoms with van der Waals surface area (Å²) < 4.78 is 67.7. The molecule has 250 valence electrons. The van der Waals surface area contributed by atoms with Gasteiger partial charge in [-0.25, -0.2) is 17.2 Å². The number of hydrogen-bond donors (Lipinski definition) is 1. The summed E-state index contributed by atoms with van der Waals surface area (Å²) in [6.45, 7) is 2.97. The number of ether oxygens (including phenoxy) is 2. The number of amides is 1. The average Bonchev–Trinajstić information content (AvgIpc) is 3.48. The molecule has 2 fully saturated rings. The molecule has 0 aliphatic carbocycles. The summed E-state index contributed by atoms with van der Waals surface area (Å²) in [6, 6.07) is 21.0. The average molecular weight is 668 g/mol. The minimum atomic E-state index is -3.26. The van der Waals surface area contributed by atoms with Crippen molar-refractivity contribution in [3.63, 3.8) is 0 Å². The number of piperidine rings is 2. The molecule has 3 aromatic carbocycles. The number of furan rings is 1. The van der Waals surface area contributed by atoms with Crippen LogP contribution in [-0.2, 0) is 22.9 Å². The zero-order valence-corrected chi connectivity index (χ0v) is 27.1. The third kappa shape index (κ3) is 8.48. The van der Waals surface area contributed by atoms with Gasteiger partial charge in [-0.3, -0.25) is 14.6 Å². The van der Waals surface area contributed by atoms with Crippen LogP contribution in [0.3, 0.4) is 0 Å². The highest BCUT2D eigenvalue weighted by atomic mass is 32.2. The quantitative estimate of drug-likeness (QED) is 0.223. The van der Waals surface area contributed by atoms with Gasteiger partial charge in [-0.2, -0.15) is 0 Å². The second kappa shape index (κ2) is 14.4. The Bertz CT molecular complexity index is 1770. The van der Waals surface area contributed by atoms with Crippen molar-refractivity contribution in [3.05, 3.63) is 89.7 Å². The summed E-state index contributed by atoms with van der Waals surface area (Å²) in [7, 11) is -3.26. The van der Waals surface area contributed by atoms with E-state index in [0.717, 1.165) is 43.6 Å². The van der Waals surface area contributed by atoms with Crippen LogP contribution in [0, 0.1) is 0 Å². The number of nitrogens with one attached hydrogen (secondary N) is 1. The highest BCUT2D eigenvalue weighted by Gasteiger charge is 2.31. The first kappa shape index (κ1) is 32.9. The monoisotopic (exact) mass is 667 g/mol. The van der Waals surface area contributed by atoms with E-state index in [1.165, 1.54) is 6.26 Å². The Morgan fingerprint density at radius 1 is 0.894 bits per heavy atom. The Hall–Kier alpha value is -4.00. The van der Waals surface area contributed by atoms with Crippen LogP contribution < -0.4 is 14.8 Å². The Kier molecular flexibility index (Phi) is 10.1. The van der Waals surface area contributed by atoms with Crippen molar-refractivity contribution in [2.75, 3.05) is 39.3 Å². The summed E-state index contributed by atoms with van der Waals surface area (Å²) in [5.74, 6) is 0.969. The largest absolute Gasteiger partial charge is 0.487 e. The number of fused-ring (bicyclic) bond motifs is 1. The van der Waals surface area contributed by atoms with Crippen LogP contribution in [-0.4, -0.2) is 81.7 Å². The highest BCUT2D eigenvalue weighted by Crippen LogP contribution is 2.28. The van der Waals surface area contributed by atoms with E-state index in [2.05, 4.69) is 10.2 Å². The van der Waals surface area contributed by atoms with E-state index in [0.29, 0.717) is 42.0 Å². The van der Waals surface area contributed by atoms with E-state index in [4.69, 9.17) is 13.9 Å². The summed E-state index contributed by atoms with van der Waals surface area (Å²) in [4.78, 5) is 17.6. The predicted molar refractivity (Wildman–Crippen MR) is 174 cm³/mol. The Labute approximate surface area is 273 Å². The number of halogens is 2. The Balaban J connectivity index is 0.972. The van der Waals surface area contributed by atoms with E-state index in [9.17, 15) is 17.6 Å². The maximum Gasteiger partial charge on any atom is 0.287 e. The van der Waals surface area contributed by atoms with Gasteiger partial charge >= 0.3 is 0 Å². The highest BCUT2D eigenvalue weighted by molar-refractivity contribution is 7.90. The molecule has 12 heteroatoms. The van der Waals surface area contributed by atoms with E-state index in [1.54, 1.807) is 60.7 Å². The van der Waals surface area contributed by atoms with Gasteiger partial charge < -0.3 is 19.2 Å². The normalized spacial score (nSPS) is 19.9. The van der Waals surface area contributed by atoms with E-state index in [1.807, 2.05) is 17.0 Å². The van der Waals surface area contributed by atoms with E-state index >= 15 is 4.39 Å². The molecule has 3 heterocycles. The summed E-state index contributed by atoms with van der Waals surface area (Å²) >= 11 is 0. The summed E-state index contributed by atoms with van der Waals surface area (Å²) in [6.07, 6.45) is 1.49. The fraction of sp³-hybridized carbons (Fsp3) is 0.400. The number of sulfone groups is 1. The minimum absolute atomic E-state index is 0.0328. The van der Waals surface area contributed by atoms with Crippen LogP contribution >= 0.6 is 0 Å². The van der Waals surface area contributed by atoms with Gasteiger partial charge in [0.2, 0.25) is 6.86 Å². The standard InChI is InChI=1S/C35H39F2N3O6S/c1-47(42,43)30-9-4-25(5-10-30)21-40-17-14-33(31(37)22-40)45-29-8-11-32-26(18-29)19-34(46-32)35(41)38-27-12-15-39(16-13-27)20-24-2-6-28(7-3-24)44-23-36/h2-11,18-19,27,31,33H,12-17,20-23H2,1H3,(H,38,41)/t31-,33-/m1/s1. The van der Waals surface area contributed by atoms with Crippen molar-refractivity contribution < 1.29 is 35.9 Å². The molecule has 2 aliphatic rings. The van der Waals surface area contributed by atoms with Gasteiger partial charge in [0, 0.05) is 57.0 Å². The number of alkyl halides is 2. The third-order valence-electron chi connectivity index (χ3n) is 8.80. The van der Waals surface area contributed by atoms with Gasteiger partial charge in [-0.05, 0) is 78.9 Å². The predicted octanol–water partition coefficient (Wildman–Crippen LogP) is 5.53. The fourth-order valence-electron chi connectivity index (χ4n) is 6.21. The lowest BCUT2D eigenvalue weighted by molar-refractivity contribution is 0.0191. The lowest BCUT2D eigenvalue weighted by Crippen LogP contribution is -2.46. The maximum absolute atomic E-state index is 15.2. The van der Waals surface area contributed by atoms with E-state index in [-0.39, 0.29) is 29.1 Å². The molecular formula is C35H39F2N3O6S. The molecule has 0 spiro atoms. The number of likely N-dealkylation sites (tertiary alicyclic amines) is 2. The van der Waals surface area contributed by atoms with Gasteiger partial charge in [-0.1, -0.05) is 24.3 Å². The summed E-state index contributed by atoms with van der Waals surface area (Å²) in [5, 5.41) is 3.80. The Morgan fingerprint density at radius 3 is 2.19 bits per heavy atom. The van der Waals surface area contributed by atoms with Gasteiger partial charge in [0.05, 0.1) is 4.90 Å². The van der Waals surface area contributed by atoms with Crippen LogP contribution in [0.4, 0.5) is 8.78 Å². The maximum atomic E-state index is 15.2. The third-order valence-corrected chi connectivity index (χ3v) is 9.92. The van der Waals surface area contributed by atoms with Crippen LogP contribution in [0.5, 0.6) is 11.5 Å². The number of rotatable bonds is 11. The van der Waals surface area contributed by atoms with Crippen LogP contribution in [0.1, 0.15) is 40.9 Å².